The van der Waals surface area contributed by atoms with Crippen molar-refractivity contribution in [2.24, 2.45) is 0 Å². The Morgan fingerprint density at radius 3 is 1.24 bits per heavy atom. The number of aryl methyl sites for hydroxylation is 7. The van der Waals surface area contributed by atoms with Gasteiger partial charge in [-0.2, -0.15) is 0 Å². The first kappa shape index (κ1) is 25.8. The van der Waals surface area contributed by atoms with Gasteiger partial charge in [0.2, 0.25) is 20.5 Å². The molecular formula is C27H29O5PS. The summed E-state index contributed by atoms with van der Waals surface area (Å²) in [4.78, 5) is 27.6. The lowest BCUT2D eigenvalue weighted by Crippen LogP contribution is -2.21. The number of carbonyl (C=O) groups excluding carboxylic acids is 2. The Balaban J connectivity index is 2.40. The second-order valence-electron chi connectivity index (χ2n) is 9.00. The lowest BCUT2D eigenvalue weighted by molar-refractivity contribution is 0.104. The molecular weight excluding hydrogens is 467 g/mol. The first-order valence-electron chi connectivity index (χ1n) is 10.9. The molecule has 3 aromatic rings. The number of hydrogen-bond donors (Lipinski definition) is 0. The summed E-state index contributed by atoms with van der Waals surface area (Å²) in [7, 11) is -4.84. The molecule has 0 saturated heterocycles. The van der Waals surface area contributed by atoms with Crippen LogP contribution in [0.2, 0.25) is 0 Å². The van der Waals surface area contributed by atoms with Crippen molar-refractivity contribution < 1.29 is 22.6 Å². The fraction of sp³-hybridized carbons (Fsp3) is 0.259. The Morgan fingerprint density at radius 2 is 0.912 bits per heavy atom. The molecule has 0 bridgehead atoms. The second kappa shape index (κ2) is 9.09. The summed E-state index contributed by atoms with van der Waals surface area (Å²) >= 11 is 0. The van der Waals surface area contributed by atoms with Crippen molar-refractivity contribution in [1.82, 2.24) is 0 Å². The Hall–Kier alpha value is -2.82. The van der Waals surface area contributed by atoms with Crippen LogP contribution in [0.5, 0.6) is 0 Å². The van der Waals surface area contributed by atoms with Gasteiger partial charge in [0.1, 0.15) is 0 Å². The lowest BCUT2D eigenvalue weighted by Gasteiger charge is -2.21. The molecule has 0 fully saturated rings. The molecule has 34 heavy (non-hydrogen) atoms. The van der Waals surface area contributed by atoms with Crippen LogP contribution in [0.1, 0.15) is 59.7 Å². The zero-order valence-corrected chi connectivity index (χ0v) is 22.2. The predicted molar refractivity (Wildman–Crippen MR) is 136 cm³/mol. The Bertz CT molecular complexity index is 1360. The number of rotatable bonds is 6. The van der Waals surface area contributed by atoms with Gasteiger partial charge >= 0.3 is 6.34 Å². The van der Waals surface area contributed by atoms with Gasteiger partial charge in [-0.15, -0.1) is 0 Å². The van der Waals surface area contributed by atoms with Gasteiger partial charge in [-0.1, -0.05) is 53.1 Å². The molecule has 178 valence electrons. The highest BCUT2D eigenvalue weighted by atomic mass is 32.8. The lowest BCUT2D eigenvalue weighted by atomic mass is 10.0. The Kier molecular flexibility index (Phi) is 6.89. The van der Waals surface area contributed by atoms with Crippen molar-refractivity contribution in [1.29, 1.82) is 0 Å². The fourth-order valence-corrected chi connectivity index (χ4v) is 10.3. The van der Waals surface area contributed by atoms with Crippen LogP contribution in [0.15, 0.2) is 53.4 Å². The molecule has 0 atom stereocenters. The van der Waals surface area contributed by atoms with Crippen LogP contribution in [0.25, 0.3) is 0 Å². The maximum atomic E-state index is 14.6. The SMILES string of the molecule is Cc1ccc(S(=O)(=O)P(=O)(C(=O)c2c(C)cc(C)cc2C)C(=O)c2c(C)cc(C)cc2C)cc1. The summed E-state index contributed by atoms with van der Waals surface area (Å²) in [5.41, 5.74) is 2.19. The Labute approximate surface area is 201 Å². The molecule has 0 aliphatic heterocycles. The van der Waals surface area contributed by atoms with Crippen LogP contribution in [-0.2, 0) is 14.0 Å². The molecule has 0 aromatic heterocycles. The van der Waals surface area contributed by atoms with Crippen molar-refractivity contribution in [2.45, 2.75) is 53.4 Å². The molecule has 0 unspecified atom stereocenters. The largest absolute Gasteiger partial charge is 0.333 e. The van der Waals surface area contributed by atoms with Crippen LogP contribution in [0, 0.1) is 48.5 Å². The first-order chi connectivity index (χ1) is 15.7. The number of hydrogen-bond acceptors (Lipinski definition) is 5. The molecule has 0 radical (unpaired) electrons. The third-order valence-corrected chi connectivity index (χ3v) is 12.7. The monoisotopic (exact) mass is 496 g/mol. The van der Waals surface area contributed by atoms with Crippen molar-refractivity contribution in [3.63, 3.8) is 0 Å². The van der Waals surface area contributed by atoms with Gasteiger partial charge in [-0.05, 0) is 82.9 Å². The molecule has 0 heterocycles. The molecule has 3 aromatic carbocycles. The minimum atomic E-state index is -5.23. The summed E-state index contributed by atoms with van der Waals surface area (Å²) in [6.07, 6.45) is -5.23. The van der Waals surface area contributed by atoms with E-state index in [-0.39, 0.29) is 16.0 Å². The molecule has 0 amide bonds. The van der Waals surface area contributed by atoms with E-state index >= 15 is 0 Å². The molecule has 0 aliphatic rings. The summed E-state index contributed by atoms with van der Waals surface area (Å²) in [6.45, 7) is 12.1. The van der Waals surface area contributed by atoms with Gasteiger partial charge in [-0.3, -0.25) is 14.2 Å². The van der Waals surface area contributed by atoms with Crippen LogP contribution in [0.4, 0.5) is 0 Å². The normalized spacial score (nSPS) is 12.0. The molecule has 7 heteroatoms. The molecule has 5 nitrogen and oxygen atoms in total. The number of benzene rings is 3. The highest BCUT2D eigenvalue weighted by Crippen LogP contribution is 2.61. The second-order valence-corrected chi connectivity index (χ2v) is 15.3. The quantitative estimate of drug-likeness (QED) is 0.360. The van der Waals surface area contributed by atoms with Crippen molar-refractivity contribution in [3.8, 4) is 0 Å². The van der Waals surface area contributed by atoms with Crippen LogP contribution >= 0.6 is 6.34 Å². The van der Waals surface area contributed by atoms with E-state index < -0.39 is 26.8 Å². The van der Waals surface area contributed by atoms with Crippen molar-refractivity contribution in [3.05, 3.63) is 98.6 Å². The van der Waals surface area contributed by atoms with Gasteiger partial charge in [0.05, 0.1) is 4.90 Å². The molecule has 0 spiro atoms. The minimum absolute atomic E-state index is 0.0142. The molecule has 0 N–H and O–H groups in total. The average Bonchev–Trinajstić information content (AvgIpc) is 2.71. The summed E-state index contributed by atoms with van der Waals surface area (Å²) in [5, 5.41) is 0. The van der Waals surface area contributed by atoms with E-state index in [1.54, 1.807) is 71.0 Å². The third-order valence-electron chi connectivity index (χ3n) is 5.97. The van der Waals surface area contributed by atoms with E-state index in [1.165, 1.54) is 12.1 Å². The van der Waals surface area contributed by atoms with Crippen molar-refractivity contribution in [2.75, 3.05) is 0 Å². The standard InChI is InChI=1S/C27H29O5PS/c1-16-8-10-23(11-9-16)34(31,32)33(30,26(28)24-19(4)12-17(2)13-20(24)5)27(29)25-21(6)14-18(3)15-22(25)7/h8-15H,1-7H3. The zero-order valence-electron chi connectivity index (χ0n) is 20.5. The first-order valence-corrected chi connectivity index (χ1v) is 14.7. The summed E-state index contributed by atoms with van der Waals surface area (Å²) in [5.74, 6) is 0. The maximum absolute atomic E-state index is 14.6. The predicted octanol–water partition coefficient (Wildman–Crippen LogP) is 6.58. The highest BCUT2D eigenvalue weighted by Gasteiger charge is 2.54. The van der Waals surface area contributed by atoms with Crippen LogP contribution in [0.3, 0.4) is 0 Å². The molecule has 0 saturated carbocycles. The van der Waals surface area contributed by atoms with E-state index in [0.29, 0.717) is 22.3 Å². The average molecular weight is 497 g/mol. The van der Waals surface area contributed by atoms with Crippen LogP contribution < -0.4 is 0 Å². The van der Waals surface area contributed by atoms with E-state index in [0.717, 1.165) is 16.7 Å². The summed E-state index contributed by atoms with van der Waals surface area (Å²) < 4.78 is 42.4. The highest BCUT2D eigenvalue weighted by molar-refractivity contribution is 8.63. The minimum Gasteiger partial charge on any atom is -0.289 e. The molecule has 0 aliphatic carbocycles. The van der Waals surface area contributed by atoms with Gasteiger partial charge in [0.25, 0.3) is 0 Å². The zero-order chi connectivity index (χ0) is 25.6. The van der Waals surface area contributed by atoms with Crippen molar-refractivity contribution >= 4 is 26.8 Å². The van der Waals surface area contributed by atoms with E-state index in [2.05, 4.69) is 0 Å². The maximum Gasteiger partial charge on any atom is 0.333 e. The topological polar surface area (TPSA) is 85.3 Å². The van der Waals surface area contributed by atoms with Gasteiger partial charge < -0.3 is 0 Å². The third kappa shape index (κ3) is 4.21. The van der Waals surface area contributed by atoms with Gasteiger partial charge in [0, 0.05) is 11.1 Å². The molecule has 3 rings (SSSR count). The number of carbonyl (C=O) groups is 2. The van der Waals surface area contributed by atoms with Crippen LogP contribution in [-0.4, -0.2) is 19.5 Å². The fourth-order valence-electron chi connectivity index (χ4n) is 4.50. The van der Waals surface area contributed by atoms with E-state index in [9.17, 15) is 22.6 Å². The smallest absolute Gasteiger partial charge is 0.289 e. The van der Waals surface area contributed by atoms with Gasteiger partial charge in [0.15, 0.2) is 0 Å². The van der Waals surface area contributed by atoms with E-state index in [1.807, 2.05) is 13.8 Å². The van der Waals surface area contributed by atoms with E-state index in [4.69, 9.17) is 0 Å². The van der Waals surface area contributed by atoms with Gasteiger partial charge in [-0.25, -0.2) is 8.42 Å². The summed E-state index contributed by atoms with van der Waals surface area (Å²) in [6, 6.07) is 12.6. The Morgan fingerprint density at radius 1 is 0.588 bits per heavy atom.